The maximum Gasteiger partial charge on any atom is 0.421 e. The van der Waals surface area contributed by atoms with Crippen LogP contribution in [-0.4, -0.2) is 18.6 Å². The SMILES string of the molecule is CCOC(=O)N1C(=O)C(=Cc2cc(F)ccc2C)c2ccc(Cl)cc21. The molecular formula is C19H15ClFNO3. The van der Waals surface area contributed by atoms with Gasteiger partial charge in [0, 0.05) is 10.6 Å². The van der Waals surface area contributed by atoms with Gasteiger partial charge in [0.1, 0.15) is 5.82 Å². The Labute approximate surface area is 149 Å². The van der Waals surface area contributed by atoms with Crippen molar-refractivity contribution in [2.24, 2.45) is 0 Å². The van der Waals surface area contributed by atoms with Crippen LogP contribution in [0.2, 0.25) is 5.02 Å². The van der Waals surface area contributed by atoms with Gasteiger partial charge in [-0.1, -0.05) is 23.7 Å². The van der Waals surface area contributed by atoms with E-state index in [1.165, 1.54) is 18.2 Å². The summed E-state index contributed by atoms with van der Waals surface area (Å²) in [6, 6.07) is 9.16. The molecule has 0 bridgehead atoms. The van der Waals surface area contributed by atoms with E-state index in [0.717, 1.165) is 10.5 Å². The van der Waals surface area contributed by atoms with Crippen LogP contribution in [0, 0.1) is 12.7 Å². The molecule has 3 rings (SSSR count). The van der Waals surface area contributed by atoms with Crippen LogP contribution in [0.25, 0.3) is 11.6 Å². The van der Waals surface area contributed by atoms with E-state index in [0.29, 0.717) is 21.8 Å². The average molecular weight is 360 g/mol. The molecule has 1 heterocycles. The predicted octanol–water partition coefficient (Wildman–Crippen LogP) is 4.83. The highest BCUT2D eigenvalue weighted by molar-refractivity contribution is 6.42. The van der Waals surface area contributed by atoms with Crippen molar-refractivity contribution in [1.29, 1.82) is 0 Å². The fourth-order valence-corrected chi connectivity index (χ4v) is 2.86. The second kappa shape index (κ2) is 6.69. The molecule has 0 saturated carbocycles. The van der Waals surface area contributed by atoms with Gasteiger partial charge in [-0.25, -0.2) is 14.1 Å². The van der Waals surface area contributed by atoms with Crippen molar-refractivity contribution >= 4 is 40.9 Å². The van der Waals surface area contributed by atoms with Gasteiger partial charge in [-0.2, -0.15) is 0 Å². The van der Waals surface area contributed by atoms with Gasteiger partial charge < -0.3 is 4.74 Å². The Bertz CT molecular complexity index is 908. The fourth-order valence-electron chi connectivity index (χ4n) is 2.69. The van der Waals surface area contributed by atoms with E-state index in [-0.39, 0.29) is 12.2 Å². The smallest absolute Gasteiger partial charge is 0.421 e. The second-order valence-corrected chi connectivity index (χ2v) is 6.00. The van der Waals surface area contributed by atoms with Crippen LogP contribution >= 0.6 is 11.6 Å². The van der Waals surface area contributed by atoms with Crippen LogP contribution in [0.5, 0.6) is 0 Å². The van der Waals surface area contributed by atoms with Crippen LogP contribution in [0.1, 0.15) is 23.6 Å². The van der Waals surface area contributed by atoms with E-state index in [1.807, 2.05) is 6.92 Å². The summed E-state index contributed by atoms with van der Waals surface area (Å²) in [7, 11) is 0. The number of fused-ring (bicyclic) bond motifs is 1. The summed E-state index contributed by atoms with van der Waals surface area (Å²) in [6.45, 7) is 3.61. The highest BCUT2D eigenvalue weighted by atomic mass is 35.5. The minimum Gasteiger partial charge on any atom is -0.449 e. The first-order valence-corrected chi connectivity index (χ1v) is 8.09. The van der Waals surface area contributed by atoms with E-state index >= 15 is 0 Å². The Morgan fingerprint density at radius 1 is 1.28 bits per heavy atom. The largest absolute Gasteiger partial charge is 0.449 e. The molecule has 0 radical (unpaired) electrons. The zero-order valence-electron chi connectivity index (χ0n) is 13.7. The van der Waals surface area contributed by atoms with Crippen LogP contribution in [0.15, 0.2) is 36.4 Å². The van der Waals surface area contributed by atoms with E-state index < -0.39 is 17.8 Å². The third-order valence-electron chi connectivity index (χ3n) is 3.92. The average Bonchev–Trinajstić information content (AvgIpc) is 2.82. The Balaban J connectivity index is 2.16. The van der Waals surface area contributed by atoms with Crippen molar-refractivity contribution in [3.8, 4) is 0 Å². The van der Waals surface area contributed by atoms with Crippen molar-refractivity contribution in [3.05, 3.63) is 63.9 Å². The third kappa shape index (κ3) is 3.15. The quantitative estimate of drug-likeness (QED) is 0.721. The number of halogens is 2. The first-order valence-electron chi connectivity index (χ1n) is 7.71. The number of benzene rings is 2. The summed E-state index contributed by atoms with van der Waals surface area (Å²) in [6.07, 6.45) is 0.808. The molecule has 0 aliphatic carbocycles. The molecule has 0 spiro atoms. The monoisotopic (exact) mass is 359 g/mol. The number of aryl methyl sites for hydroxylation is 1. The molecule has 2 aromatic carbocycles. The highest BCUT2D eigenvalue weighted by Gasteiger charge is 2.37. The number of anilines is 1. The lowest BCUT2D eigenvalue weighted by molar-refractivity contribution is -0.112. The maximum atomic E-state index is 13.6. The Morgan fingerprint density at radius 3 is 2.76 bits per heavy atom. The van der Waals surface area contributed by atoms with E-state index in [4.69, 9.17) is 16.3 Å². The Kier molecular flexibility index (Phi) is 4.59. The van der Waals surface area contributed by atoms with Crippen molar-refractivity contribution in [2.45, 2.75) is 13.8 Å². The summed E-state index contributed by atoms with van der Waals surface area (Å²) in [5, 5.41) is 0.393. The number of amides is 2. The zero-order chi connectivity index (χ0) is 18.1. The minimum atomic E-state index is -0.768. The van der Waals surface area contributed by atoms with Gasteiger partial charge in [-0.05, 0) is 55.3 Å². The number of hydrogen-bond acceptors (Lipinski definition) is 3. The topological polar surface area (TPSA) is 46.6 Å². The van der Waals surface area contributed by atoms with E-state index in [2.05, 4.69) is 0 Å². The molecule has 0 N–H and O–H groups in total. The minimum absolute atomic E-state index is 0.139. The highest BCUT2D eigenvalue weighted by Crippen LogP contribution is 2.40. The van der Waals surface area contributed by atoms with Gasteiger partial charge in [0.15, 0.2) is 0 Å². The standard InChI is InChI=1S/C19H15ClFNO3/c1-3-25-19(24)22-17-10-13(20)5-7-15(17)16(18(22)23)9-12-8-14(21)6-4-11(12)2/h4-10H,3H2,1-2H3. The zero-order valence-corrected chi connectivity index (χ0v) is 14.4. The molecule has 1 aliphatic rings. The first-order chi connectivity index (χ1) is 11.9. The van der Waals surface area contributed by atoms with Crippen molar-refractivity contribution in [1.82, 2.24) is 0 Å². The Morgan fingerprint density at radius 2 is 2.04 bits per heavy atom. The van der Waals surface area contributed by atoms with E-state index in [1.54, 1.807) is 31.2 Å². The number of nitrogens with zero attached hydrogens (tertiary/aromatic N) is 1. The molecule has 2 amide bonds. The number of ether oxygens (including phenoxy) is 1. The summed E-state index contributed by atoms with van der Waals surface area (Å²) in [5.74, 6) is -0.930. The van der Waals surface area contributed by atoms with E-state index in [9.17, 15) is 14.0 Å². The van der Waals surface area contributed by atoms with Gasteiger partial charge in [0.2, 0.25) is 0 Å². The van der Waals surface area contributed by atoms with Crippen molar-refractivity contribution < 1.29 is 18.7 Å². The number of rotatable bonds is 2. The first kappa shape index (κ1) is 17.2. The van der Waals surface area contributed by atoms with Crippen LogP contribution in [0.4, 0.5) is 14.9 Å². The molecule has 0 atom stereocenters. The lowest BCUT2D eigenvalue weighted by Crippen LogP contribution is -2.34. The third-order valence-corrected chi connectivity index (χ3v) is 4.15. The molecule has 2 aromatic rings. The summed E-state index contributed by atoms with van der Waals surface area (Å²) < 4.78 is 18.5. The number of imide groups is 1. The molecule has 1 aliphatic heterocycles. The molecular weight excluding hydrogens is 345 g/mol. The summed E-state index contributed by atoms with van der Waals surface area (Å²) >= 11 is 6.01. The molecule has 6 heteroatoms. The Hall–Kier alpha value is -2.66. The summed E-state index contributed by atoms with van der Waals surface area (Å²) in [4.78, 5) is 26.0. The molecule has 0 saturated heterocycles. The van der Waals surface area contributed by atoms with Crippen LogP contribution < -0.4 is 4.90 Å². The van der Waals surface area contributed by atoms with Crippen LogP contribution in [0.3, 0.4) is 0 Å². The summed E-state index contributed by atoms with van der Waals surface area (Å²) in [5.41, 5.74) is 2.57. The van der Waals surface area contributed by atoms with Crippen molar-refractivity contribution in [2.75, 3.05) is 11.5 Å². The van der Waals surface area contributed by atoms with Crippen LogP contribution in [-0.2, 0) is 9.53 Å². The second-order valence-electron chi connectivity index (χ2n) is 5.56. The van der Waals surface area contributed by atoms with Gasteiger partial charge in [-0.15, -0.1) is 0 Å². The molecule has 0 unspecified atom stereocenters. The van der Waals surface area contributed by atoms with Gasteiger partial charge in [0.05, 0.1) is 17.9 Å². The lowest BCUT2D eigenvalue weighted by atomic mass is 10.0. The van der Waals surface area contributed by atoms with Gasteiger partial charge in [-0.3, -0.25) is 4.79 Å². The lowest BCUT2D eigenvalue weighted by Gasteiger charge is -2.14. The predicted molar refractivity (Wildman–Crippen MR) is 95.0 cm³/mol. The van der Waals surface area contributed by atoms with Gasteiger partial charge in [0.25, 0.3) is 5.91 Å². The molecule has 128 valence electrons. The molecule has 4 nitrogen and oxygen atoms in total. The van der Waals surface area contributed by atoms with Gasteiger partial charge >= 0.3 is 6.09 Å². The maximum absolute atomic E-state index is 13.6. The normalized spacial score (nSPS) is 14.8. The molecule has 0 aromatic heterocycles. The number of hydrogen-bond donors (Lipinski definition) is 0. The molecule has 0 fully saturated rings. The fraction of sp³-hybridized carbons (Fsp3) is 0.158. The number of carbonyl (C=O) groups excluding carboxylic acids is 2. The molecule has 25 heavy (non-hydrogen) atoms. The number of carbonyl (C=O) groups is 2. The van der Waals surface area contributed by atoms with Crippen molar-refractivity contribution in [3.63, 3.8) is 0 Å².